The number of halogens is 3. The number of pyridine rings is 1. The van der Waals surface area contributed by atoms with E-state index in [2.05, 4.69) is 22.1 Å². The zero-order valence-electron chi connectivity index (χ0n) is 9.02. The van der Waals surface area contributed by atoms with Crippen LogP contribution in [0.25, 0.3) is 0 Å². The largest absolute Gasteiger partial charge is 0.366 e. The van der Waals surface area contributed by atoms with Gasteiger partial charge in [-0.3, -0.25) is 4.98 Å². The summed E-state index contributed by atoms with van der Waals surface area (Å²) < 4.78 is 13.4. The van der Waals surface area contributed by atoms with Crippen LogP contribution in [0, 0.1) is 5.82 Å². The highest BCUT2D eigenvalue weighted by molar-refractivity contribution is 5.85. The van der Waals surface area contributed by atoms with Gasteiger partial charge in [0.15, 0.2) is 5.82 Å². The predicted octanol–water partition coefficient (Wildman–Crippen LogP) is 1.86. The Bertz CT molecular complexity index is 325. The second kappa shape index (κ2) is 6.89. The van der Waals surface area contributed by atoms with E-state index in [0.29, 0.717) is 11.7 Å². The Morgan fingerprint density at radius 1 is 1.50 bits per heavy atom. The van der Waals surface area contributed by atoms with E-state index in [0.717, 1.165) is 19.6 Å². The maximum absolute atomic E-state index is 13.4. The van der Waals surface area contributed by atoms with Crippen LogP contribution in [0.2, 0.25) is 0 Å². The van der Waals surface area contributed by atoms with Crippen molar-refractivity contribution in [2.24, 2.45) is 0 Å². The number of rotatable bonds is 1. The first-order chi connectivity index (χ1) is 6.77. The van der Waals surface area contributed by atoms with Crippen molar-refractivity contribution in [1.82, 2.24) is 10.3 Å². The third kappa shape index (κ3) is 3.47. The third-order valence-corrected chi connectivity index (χ3v) is 2.46. The van der Waals surface area contributed by atoms with Crippen LogP contribution < -0.4 is 10.2 Å². The Labute approximate surface area is 107 Å². The summed E-state index contributed by atoms with van der Waals surface area (Å²) in [6.07, 6.45) is 2.90. The summed E-state index contributed by atoms with van der Waals surface area (Å²) in [6.45, 7) is 4.71. The van der Waals surface area contributed by atoms with Crippen LogP contribution >= 0.6 is 24.8 Å². The molecule has 1 aromatic rings. The molecule has 16 heavy (non-hydrogen) atoms. The normalized spacial score (nSPS) is 19.6. The molecule has 2 heterocycles. The summed E-state index contributed by atoms with van der Waals surface area (Å²) in [5, 5.41) is 3.32. The second-order valence-electron chi connectivity index (χ2n) is 3.63. The first kappa shape index (κ1) is 15.4. The van der Waals surface area contributed by atoms with Crippen molar-refractivity contribution < 1.29 is 4.39 Å². The van der Waals surface area contributed by atoms with E-state index in [1.807, 2.05) is 0 Å². The van der Waals surface area contributed by atoms with Gasteiger partial charge in [-0.05, 0) is 13.0 Å². The first-order valence-corrected chi connectivity index (χ1v) is 4.85. The van der Waals surface area contributed by atoms with Gasteiger partial charge in [0, 0.05) is 31.9 Å². The Balaban J connectivity index is 0.00000112. The standard InChI is InChI=1S/C10H14FN3.2ClH/c1-8-7-14(5-4-13-8)10-2-3-12-6-9(10)11;;/h2-3,6,8,13H,4-5,7H2,1H3;2*1H. The van der Waals surface area contributed by atoms with Crippen LogP contribution in [0.5, 0.6) is 0 Å². The number of hydrogen-bond donors (Lipinski definition) is 1. The van der Waals surface area contributed by atoms with Crippen molar-refractivity contribution in [3.8, 4) is 0 Å². The zero-order chi connectivity index (χ0) is 9.97. The summed E-state index contributed by atoms with van der Waals surface area (Å²) in [5.74, 6) is -0.235. The molecule has 1 aliphatic heterocycles. The molecule has 1 aliphatic rings. The molecule has 6 heteroatoms. The fraction of sp³-hybridized carbons (Fsp3) is 0.500. The molecule has 0 bridgehead atoms. The minimum atomic E-state index is -0.235. The van der Waals surface area contributed by atoms with Gasteiger partial charge >= 0.3 is 0 Å². The van der Waals surface area contributed by atoms with E-state index in [1.165, 1.54) is 6.20 Å². The van der Waals surface area contributed by atoms with Crippen molar-refractivity contribution in [2.45, 2.75) is 13.0 Å². The second-order valence-corrected chi connectivity index (χ2v) is 3.63. The first-order valence-electron chi connectivity index (χ1n) is 4.85. The average Bonchev–Trinajstić information content (AvgIpc) is 2.18. The number of nitrogens with one attached hydrogen (secondary N) is 1. The van der Waals surface area contributed by atoms with Crippen molar-refractivity contribution in [3.63, 3.8) is 0 Å². The maximum atomic E-state index is 13.4. The van der Waals surface area contributed by atoms with Gasteiger partial charge in [0.2, 0.25) is 0 Å². The third-order valence-electron chi connectivity index (χ3n) is 2.46. The molecule has 0 aromatic carbocycles. The van der Waals surface area contributed by atoms with Gasteiger partial charge < -0.3 is 10.2 Å². The van der Waals surface area contributed by atoms with E-state index in [4.69, 9.17) is 0 Å². The number of anilines is 1. The van der Waals surface area contributed by atoms with Gasteiger partial charge in [0.05, 0.1) is 11.9 Å². The highest BCUT2D eigenvalue weighted by Gasteiger charge is 2.18. The molecule has 2 rings (SSSR count). The lowest BCUT2D eigenvalue weighted by Gasteiger charge is -2.33. The molecule has 1 N–H and O–H groups in total. The smallest absolute Gasteiger partial charge is 0.164 e. The number of aromatic nitrogens is 1. The number of piperazine rings is 1. The summed E-state index contributed by atoms with van der Waals surface area (Å²) in [4.78, 5) is 5.80. The Hall–Kier alpha value is -0.580. The highest BCUT2D eigenvalue weighted by atomic mass is 35.5. The number of nitrogens with zero attached hydrogens (tertiary/aromatic N) is 2. The monoisotopic (exact) mass is 267 g/mol. The molecule has 0 aliphatic carbocycles. The molecule has 1 unspecified atom stereocenters. The SMILES string of the molecule is CC1CN(c2ccncc2F)CCN1.Cl.Cl. The van der Waals surface area contributed by atoms with Gasteiger partial charge in [0.1, 0.15) is 0 Å². The Morgan fingerprint density at radius 2 is 2.25 bits per heavy atom. The summed E-state index contributed by atoms with van der Waals surface area (Å²) in [5.41, 5.74) is 0.661. The molecule has 0 amide bonds. The molecular weight excluding hydrogens is 252 g/mol. The van der Waals surface area contributed by atoms with Gasteiger partial charge in [-0.15, -0.1) is 24.8 Å². The fourth-order valence-corrected chi connectivity index (χ4v) is 1.78. The molecule has 1 atom stereocenters. The zero-order valence-corrected chi connectivity index (χ0v) is 10.7. The van der Waals surface area contributed by atoms with E-state index in [1.54, 1.807) is 12.3 Å². The van der Waals surface area contributed by atoms with Crippen LogP contribution in [0.15, 0.2) is 18.5 Å². The van der Waals surface area contributed by atoms with Crippen LogP contribution in [0.1, 0.15) is 6.92 Å². The van der Waals surface area contributed by atoms with Crippen LogP contribution in [-0.2, 0) is 0 Å². The van der Waals surface area contributed by atoms with Gasteiger partial charge in [-0.1, -0.05) is 0 Å². The van der Waals surface area contributed by atoms with E-state index in [-0.39, 0.29) is 30.6 Å². The molecule has 0 saturated carbocycles. The van der Waals surface area contributed by atoms with Crippen molar-refractivity contribution in [1.29, 1.82) is 0 Å². The minimum Gasteiger partial charge on any atom is -0.366 e. The average molecular weight is 268 g/mol. The van der Waals surface area contributed by atoms with Crippen LogP contribution in [-0.4, -0.2) is 30.7 Å². The topological polar surface area (TPSA) is 28.2 Å². The molecule has 0 spiro atoms. The predicted molar refractivity (Wildman–Crippen MR) is 68.4 cm³/mol. The Morgan fingerprint density at radius 3 is 2.88 bits per heavy atom. The molecule has 1 saturated heterocycles. The van der Waals surface area contributed by atoms with Gasteiger partial charge in [-0.2, -0.15) is 0 Å². The summed E-state index contributed by atoms with van der Waals surface area (Å²) >= 11 is 0. The lowest BCUT2D eigenvalue weighted by atomic mass is 10.2. The van der Waals surface area contributed by atoms with Crippen molar-refractivity contribution in [3.05, 3.63) is 24.3 Å². The minimum absolute atomic E-state index is 0. The summed E-state index contributed by atoms with van der Waals surface area (Å²) in [7, 11) is 0. The van der Waals surface area contributed by atoms with Crippen molar-refractivity contribution >= 4 is 30.5 Å². The maximum Gasteiger partial charge on any atom is 0.164 e. The van der Waals surface area contributed by atoms with E-state index >= 15 is 0 Å². The Kier molecular flexibility index (Phi) is 6.64. The lowest BCUT2D eigenvalue weighted by Crippen LogP contribution is -2.49. The summed E-state index contributed by atoms with van der Waals surface area (Å²) in [6, 6.07) is 2.14. The van der Waals surface area contributed by atoms with Crippen LogP contribution in [0.4, 0.5) is 10.1 Å². The molecular formula is C10H16Cl2FN3. The van der Waals surface area contributed by atoms with E-state index in [9.17, 15) is 4.39 Å². The van der Waals surface area contributed by atoms with Crippen molar-refractivity contribution in [2.75, 3.05) is 24.5 Å². The molecule has 1 fully saturated rings. The van der Waals surface area contributed by atoms with Gasteiger partial charge in [-0.25, -0.2) is 4.39 Å². The molecule has 1 aromatic heterocycles. The van der Waals surface area contributed by atoms with Gasteiger partial charge in [0.25, 0.3) is 0 Å². The lowest BCUT2D eigenvalue weighted by molar-refractivity contribution is 0.478. The number of hydrogen-bond acceptors (Lipinski definition) is 3. The molecule has 3 nitrogen and oxygen atoms in total. The quantitative estimate of drug-likeness (QED) is 0.842. The van der Waals surface area contributed by atoms with Crippen LogP contribution in [0.3, 0.4) is 0 Å². The highest BCUT2D eigenvalue weighted by Crippen LogP contribution is 2.18. The fourth-order valence-electron chi connectivity index (χ4n) is 1.78. The molecule has 0 radical (unpaired) electrons. The van der Waals surface area contributed by atoms with E-state index < -0.39 is 0 Å². The molecule has 92 valence electrons.